The van der Waals surface area contributed by atoms with Crippen molar-refractivity contribution in [1.82, 2.24) is 0 Å². The highest BCUT2D eigenvalue weighted by Gasteiger charge is 1.81. The molecule has 0 rings (SSSR count). The zero-order valence-electron chi connectivity index (χ0n) is 9.69. The lowest BCUT2D eigenvalue weighted by Gasteiger charge is -1.88. The molecule has 0 nitrogen and oxygen atoms in total. The zero-order valence-corrected chi connectivity index (χ0v) is 9.69. The lowest BCUT2D eigenvalue weighted by molar-refractivity contribution is 0.815. The maximum Gasteiger partial charge on any atom is -0.00723 e. The summed E-state index contributed by atoms with van der Waals surface area (Å²) in [6, 6.07) is 0. The molecule has 0 bridgehead atoms. The highest BCUT2D eigenvalue weighted by atomic mass is 13.9. The number of rotatable bonds is 5. The Morgan fingerprint density at radius 3 is 2.31 bits per heavy atom. The van der Waals surface area contributed by atoms with Gasteiger partial charge in [0.15, 0.2) is 0 Å². The average molecular weight is 180 g/mol. The highest BCUT2D eigenvalue weighted by Crippen LogP contribution is 2.00. The van der Waals surface area contributed by atoms with Gasteiger partial charge in [-0.25, -0.2) is 0 Å². The second kappa shape index (κ2) is 13.8. The Labute approximate surface area is 84.1 Å². The minimum Gasteiger partial charge on any atom is -0.122 e. The second-order valence-electron chi connectivity index (χ2n) is 2.57. The smallest absolute Gasteiger partial charge is 0.00723 e. The first-order valence-electron chi connectivity index (χ1n) is 5.41. The van der Waals surface area contributed by atoms with E-state index in [1.165, 1.54) is 18.4 Å². The van der Waals surface area contributed by atoms with E-state index in [1.54, 1.807) is 0 Å². The van der Waals surface area contributed by atoms with Crippen LogP contribution in [0, 0.1) is 0 Å². The Balaban J connectivity index is 0. The van der Waals surface area contributed by atoms with Crippen molar-refractivity contribution in [2.24, 2.45) is 0 Å². The molecule has 0 fully saturated rings. The van der Waals surface area contributed by atoms with Crippen LogP contribution in [-0.4, -0.2) is 0 Å². The van der Waals surface area contributed by atoms with Crippen molar-refractivity contribution in [2.75, 3.05) is 0 Å². The first-order valence-corrected chi connectivity index (χ1v) is 5.41. The molecule has 76 valence electrons. The van der Waals surface area contributed by atoms with Gasteiger partial charge in [0, 0.05) is 0 Å². The van der Waals surface area contributed by atoms with E-state index in [9.17, 15) is 0 Å². The van der Waals surface area contributed by atoms with Gasteiger partial charge in [-0.05, 0) is 30.9 Å². The summed E-state index contributed by atoms with van der Waals surface area (Å²) in [5.41, 5.74) is 4.44. The number of allylic oxidation sites excluding steroid dienone is 2. The third-order valence-electron chi connectivity index (χ3n) is 1.62. The van der Waals surface area contributed by atoms with Crippen molar-refractivity contribution in [3.05, 3.63) is 30.0 Å². The molecule has 0 aliphatic carbocycles. The summed E-state index contributed by atoms with van der Waals surface area (Å²) >= 11 is 0. The molecule has 0 amide bonds. The summed E-state index contributed by atoms with van der Waals surface area (Å²) in [7, 11) is 0. The fourth-order valence-corrected chi connectivity index (χ4v) is 0.815. The van der Waals surface area contributed by atoms with Gasteiger partial charge in [-0.15, -0.1) is 5.73 Å². The van der Waals surface area contributed by atoms with Crippen molar-refractivity contribution in [3.8, 4) is 0 Å². The normalized spacial score (nSPS) is 7.69. The third kappa shape index (κ3) is 11.3. The fourth-order valence-electron chi connectivity index (χ4n) is 0.815. The van der Waals surface area contributed by atoms with Gasteiger partial charge in [0.1, 0.15) is 0 Å². The summed E-state index contributed by atoms with van der Waals surface area (Å²) in [6.45, 7) is 12.0. The van der Waals surface area contributed by atoms with Crippen LogP contribution in [0.5, 0.6) is 0 Å². The Hall–Kier alpha value is -0.740. The molecule has 0 unspecified atom stereocenters. The van der Waals surface area contributed by atoms with Gasteiger partial charge in [-0.2, -0.15) is 0 Å². The predicted molar refractivity (Wildman–Crippen MR) is 63.0 cm³/mol. The standard InChI is InChI=1S/C11H18.C2H6/c1-4-7-8-9-10-11(5-2)6-3;1-2/h5,9H,2,4,6-8H2,1,3H3;1-2H3. The Kier molecular flexibility index (Phi) is 15.7. The maximum atomic E-state index is 3.71. The van der Waals surface area contributed by atoms with Crippen LogP contribution in [0.2, 0.25) is 0 Å². The van der Waals surface area contributed by atoms with E-state index in [0.29, 0.717) is 0 Å². The number of hydrogen-bond acceptors (Lipinski definition) is 0. The quantitative estimate of drug-likeness (QED) is 0.321. The molecule has 0 heterocycles. The van der Waals surface area contributed by atoms with Crippen molar-refractivity contribution >= 4 is 0 Å². The van der Waals surface area contributed by atoms with E-state index in [2.05, 4.69) is 32.2 Å². The SMILES string of the molecule is C=CC(=C=CCCCC)CC.CC. The first kappa shape index (κ1) is 14.8. The summed E-state index contributed by atoms with van der Waals surface area (Å²) in [6.07, 6.45) is 8.70. The van der Waals surface area contributed by atoms with Crippen LogP contribution >= 0.6 is 0 Å². The van der Waals surface area contributed by atoms with Crippen molar-refractivity contribution in [1.29, 1.82) is 0 Å². The Bertz CT molecular complexity index is 157. The molecule has 0 aromatic rings. The van der Waals surface area contributed by atoms with Gasteiger partial charge in [0.25, 0.3) is 0 Å². The van der Waals surface area contributed by atoms with Gasteiger partial charge in [-0.3, -0.25) is 0 Å². The summed E-state index contributed by atoms with van der Waals surface area (Å²) in [4.78, 5) is 0. The Morgan fingerprint density at radius 2 is 1.92 bits per heavy atom. The van der Waals surface area contributed by atoms with Gasteiger partial charge in [-0.1, -0.05) is 46.8 Å². The fraction of sp³-hybridized carbons (Fsp3) is 0.615. The number of unbranched alkanes of at least 4 members (excludes halogenated alkanes) is 2. The monoisotopic (exact) mass is 180 g/mol. The predicted octanol–water partition coefficient (Wildman–Crippen LogP) is 4.88. The van der Waals surface area contributed by atoms with E-state index in [-0.39, 0.29) is 0 Å². The maximum absolute atomic E-state index is 3.71. The molecule has 0 saturated carbocycles. The van der Waals surface area contributed by atoms with E-state index in [0.717, 1.165) is 12.8 Å². The largest absolute Gasteiger partial charge is 0.122 e. The molecule has 0 heteroatoms. The molecule has 0 N–H and O–H groups in total. The molecule has 0 aromatic heterocycles. The van der Waals surface area contributed by atoms with Crippen molar-refractivity contribution < 1.29 is 0 Å². The minimum absolute atomic E-state index is 1.03. The van der Waals surface area contributed by atoms with Crippen LogP contribution in [-0.2, 0) is 0 Å². The van der Waals surface area contributed by atoms with Crippen molar-refractivity contribution in [2.45, 2.75) is 53.4 Å². The molecule has 0 radical (unpaired) electrons. The summed E-state index contributed by atoms with van der Waals surface area (Å²) in [5.74, 6) is 0. The average Bonchev–Trinajstić information content (AvgIpc) is 2.21. The molecule has 0 aliphatic rings. The topological polar surface area (TPSA) is 0 Å². The molecular formula is C13H24. The number of hydrogen-bond donors (Lipinski definition) is 0. The minimum atomic E-state index is 1.03. The van der Waals surface area contributed by atoms with Gasteiger partial charge < -0.3 is 0 Å². The van der Waals surface area contributed by atoms with E-state index in [4.69, 9.17) is 0 Å². The molecule has 0 aromatic carbocycles. The molecule has 0 spiro atoms. The highest BCUT2D eigenvalue weighted by molar-refractivity contribution is 5.14. The van der Waals surface area contributed by atoms with Gasteiger partial charge >= 0.3 is 0 Å². The molecule has 0 saturated heterocycles. The summed E-state index contributed by atoms with van der Waals surface area (Å²) < 4.78 is 0. The van der Waals surface area contributed by atoms with Crippen LogP contribution in [0.15, 0.2) is 30.0 Å². The van der Waals surface area contributed by atoms with Gasteiger partial charge in [0.05, 0.1) is 0 Å². The molecule has 0 atom stereocenters. The van der Waals surface area contributed by atoms with Gasteiger partial charge in [0.2, 0.25) is 0 Å². The zero-order chi connectivity index (χ0) is 10.5. The molecular weight excluding hydrogens is 156 g/mol. The lowest BCUT2D eigenvalue weighted by Crippen LogP contribution is -1.69. The molecule has 13 heavy (non-hydrogen) atoms. The van der Waals surface area contributed by atoms with E-state index in [1.807, 2.05) is 19.9 Å². The van der Waals surface area contributed by atoms with Crippen LogP contribution in [0.4, 0.5) is 0 Å². The van der Waals surface area contributed by atoms with E-state index >= 15 is 0 Å². The first-order chi connectivity index (χ1) is 6.35. The lowest BCUT2D eigenvalue weighted by atomic mass is 10.2. The van der Waals surface area contributed by atoms with Crippen molar-refractivity contribution in [3.63, 3.8) is 0 Å². The molecule has 0 aliphatic heterocycles. The van der Waals surface area contributed by atoms with E-state index < -0.39 is 0 Å². The Morgan fingerprint density at radius 1 is 1.31 bits per heavy atom. The second-order valence-corrected chi connectivity index (χ2v) is 2.57. The van der Waals surface area contributed by atoms with Crippen LogP contribution in [0.1, 0.15) is 53.4 Å². The summed E-state index contributed by atoms with van der Waals surface area (Å²) in [5, 5.41) is 0. The van der Waals surface area contributed by atoms with Crippen LogP contribution in [0.25, 0.3) is 0 Å². The third-order valence-corrected chi connectivity index (χ3v) is 1.62. The van der Waals surface area contributed by atoms with Crippen LogP contribution in [0.3, 0.4) is 0 Å². The van der Waals surface area contributed by atoms with Crippen LogP contribution < -0.4 is 0 Å².